The highest BCUT2D eigenvalue weighted by Crippen LogP contribution is 2.31. The summed E-state index contributed by atoms with van der Waals surface area (Å²) in [6.07, 6.45) is 2.10. The van der Waals surface area contributed by atoms with E-state index in [1.165, 1.54) is 6.33 Å². The molecule has 3 rings (SSSR count). The van der Waals surface area contributed by atoms with Crippen LogP contribution in [-0.2, 0) is 11.3 Å². The molecule has 1 amide bonds. The van der Waals surface area contributed by atoms with E-state index in [1.807, 2.05) is 0 Å². The van der Waals surface area contributed by atoms with E-state index in [-0.39, 0.29) is 18.3 Å². The number of ether oxygens (including phenoxy) is 1. The van der Waals surface area contributed by atoms with Crippen LogP contribution in [0.3, 0.4) is 0 Å². The van der Waals surface area contributed by atoms with Gasteiger partial charge in [0.1, 0.15) is 12.1 Å². The van der Waals surface area contributed by atoms with Gasteiger partial charge in [0.05, 0.1) is 28.7 Å². The van der Waals surface area contributed by atoms with Gasteiger partial charge in [-0.05, 0) is 31.2 Å². The highest BCUT2D eigenvalue weighted by Gasteiger charge is 2.18. The molecule has 0 aliphatic heterocycles. The van der Waals surface area contributed by atoms with Crippen LogP contribution in [0.2, 0.25) is 10.0 Å². The Kier molecular flexibility index (Phi) is 4.87. The van der Waals surface area contributed by atoms with Crippen molar-refractivity contribution >= 4 is 40.0 Å². The van der Waals surface area contributed by atoms with Crippen molar-refractivity contribution in [2.75, 3.05) is 0 Å². The molecule has 2 heterocycles. The average Bonchev–Trinajstić information content (AvgIpc) is 3.06. The van der Waals surface area contributed by atoms with Gasteiger partial charge < -0.3 is 14.5 Å². The predicted octanol–water partition coefficient (Wildman–Crippen LogP) is 3.61. The number of carbonyl (C=O) groups excluding carboxylic acids is 1. The van der Waals surface area contributed by atoms with E-state index < -0.39 is 6.10 Å². The molecule has 3 aromatic rings. The normalized spacial score (nSPS) is 12.1. The maximum atomic E-state index is 12.1. The molecule has 24 heavy (non-hydrogen) atoms. The molecule has 0 unspecified atom stereocenters. The summed E-state index contributed by atoms with van der Waals surface area (Å²) in [6, 6.07) is 6.75. The first kappa shape index (κ1) is 16.5. The summed E-state index contributed by atoms with van der Waals surface area (Å²) in [7, 11) is 0. The standard InChI is InChI=1S/C16H13Cl2N3O3/c1-9(15(22)19-7-11-3-2-4-23-11)24-16-12-5-10(17)6-13(18)14(12)20-8-21-16/h2-6,8-9H,7H2,1H3,(H,19,22)/t9-/m1/s1. The molecule has 0 spiro atoms. The van der Waals surface area contributed by atoms with Crippen molar-refractivity contribution in [2.45, 2.75) is 19.6 Å². The van der Waals surface area contributed by atoms with E-state index in [4.69, 9.17) is 32.4 Å². The fourth-order valence-electron chi connectivity index (χ4n) is 2.11. The van der Waals surface area contributed by atoms with Crippen LogP contribution in [0, 0.1) is 0 Å². The number of carbonyl (C=O) groups is 1. The quantitative estimate of drug-likeness (QED) is 0.746. The Morgan fingerprint density at radius 3 is 2.96 bits per heavy atom. The Balaban J connectivity index is 1.75. The molecule has 0 radical (unpaired) electrons. The second-order valence-corrected chi connectivity index (χ2v) is 5.86. The number of nitrogens with zero attached hydrogens (tertiary/aromatic N) is 2. The largest absolute Gasteiger partial charge is 0.467 e. The number of hydrogen-bond donors (Lipinski definition) is 1. The molecule has 0 aliphatic rings. The third-order valence-electron chi connectivity index (χ3n) is 3.29. The van der Waals surface area contributed by atoms with Gasteiger partial charge in [-0.3, -0.25) is 4.79 Å². The maximum Gasteiger partial charge on any atom is 0.261 e. The number of furan rings is 1. The average molecular weight is 366 g/mol. The summed E-state index contributed by atoms with van der Waals surface area (Å²) in [4.78, 5) is 20.3. The topological polar surface area (TPSA) is 77.2 Å². The molecule has 0 fully saturated rings. The summed E-state index contributed by atoms with van der Waals surface area (Å²) in [5.41, 5.74) is 0.509. The third-order valence-corrected chi connectivity index (χ3v) is 3.80. The Morgan fingerprint density at radius 2 is 2.21 bits per heavy atom. The van der Waals surface area contributed by atoms with Crippen LogP contribution in [0.25, 0.3) is 10.9 Å². The number of benzene rings is 1. The van der Waals surface area contributed by atoms with Gasteiger partial charge in [-0.2, -0.15) is 0 Å². The number of aromatic nitrogens is 2. The molecule has 6 nitrogen and oxygen atoms in total. The van der Waals surface area contributed by atoms with Crippen molar-refractivity contribution in [1.82, 2.24) is 15.3 Å². The van der Waals surface area contributed by atoms with Crippen LogP contribution in [0.5, 0.6) is 5.88 Å². The predicted molar refractivity (Wildman–Crippen MR) is 90.2 cm³/mol. The molecule has 1 aromatic carbocycles. The molecular weight excluding hydrogens is 353 g/mol. The van der Waals surface area contributed by atoms with Gasteiger partial charge >= 0.3 is 0 Å². The highest BCUT2D eigenvalue weighted by molar-refractivity contribution is 6.38. The lowest BCUT2D eigenvalue weighted by molar-refractivity contribution is -0.127. The SMILES string of the molecule is C[C@@H](Oc1ncnc2c(Cl)cc(Cl)cc12)C(=O)NCc1ccco1. The molecule has 0 saturated heterocycles. The Morgan fingerprint density at radius 1 is 1.38 bits per heavy atom. The monoisotopic (exact) mass is 365 g/mol. The van der Waals surface area contributed by atoms with Crippen LogP contribution in [0.1, 0.15) is 12.7 Å². The van der Waals surface area contributed by atoms with E-state index in [0.29, 0.717) is 26.7 Å². The van der Waals surface area contributed by atoms with E-state index in [9.17, 15) is 4.79 Å². The summed E-state index contributed by atoms with van der Waals surface area (Å²) in [5.74, 6) is 0.595. The molecule has 1 N–H and O–H groups in total. The van der Waals surface area contributed by atoms with Crippen LogP contribution in [0.4, 0.5) is 0 Å². The summed E-state index contributed by atoms with van der Waals surface area (Å²) < 4.78 is 10.8. The van der Waals surface area contributed by atoms with Gasteiger partial charge in [-0.25, -0.2) is 9.97 Å². The van der Waals surface area contributed by atoms with Crippen LogP contribution >= 0.6 is 23.2 Å². The molecular formula is C16H13Cl2N3O3. The van der Waals surface area contributed by atoms with Crippen molar-refractivity contribution < 1.29 is 13.9 Å². The first-order valence-electron chi connectivity index (χ1n) is 7.11. The molecule has 0 saturated carbocycles. The van der Waals surface area contributed by atoms with Crippen molar-refractivity contribution in [3.05, 3.63) is 52.7 Å². The zero-order valence-electron chi connectivity index (χ0n) is 12.6. The van der Waals surface area contributed by atoms with Crippen molar-refractivity contribution in [2.24, 2.45) is 0 Å². The molecule has 124 valence electrons. The van der Waals surface area contributed by atoms with Gasteiger partial charge in [0.25, 0.3) is 5.91 Å². The fourth-order valence-corrected chi connectivity index (χ4v) is 2.66. The minimum absolute atomic E-state index is 0.241. The van der Waals surface area contributed by atoms with E-state index in [1.54, 1.807) is 37.5 Å². The fraction of sp³-hybridized carbons (Fsp3) is 0.188. The van der Waals surface area contributed by atoms with Crippen LogP contribution < -0.4 is 10.1 Å². The van der Waals surface area contributed by atoms with E-state index >= 15 is 0 Å². The van der Waals surface area contributed by atoms with E-state index in [2.05, 4.69) is 15.3 Å². The minimum Gasteiger partial charge on any atom is -0.467 e. The van der Waals surface area contributed by atoms with Gasteiger partial charge in [-0.1, -0.05) is 23.2 Å². The number of amides is 1. The number of rotatable bonds is 5. The molecule has 0 bridgehead atoms. The second kappa shape index (κ2) is 7.07. The maximum absolute atomic E-state index is 12.1. The van der Waals surface area contributed by atoms with Crippen LogP contribution in [-0.4, -0.2) is 22.0 Å². The zero-order chi connectivity index (χ0) is 17.1. The van der Waals surface area contributed by atoms with Crippen LogP contribution in [0.15, 0.2) is 41.3 Å². The van der Waals surface area contributed by atoms with Gasteiger partial charge in [0.2, 0.25) is 5.88 Å². The Bertz CT molecular complexity index is 868. The highest BCUT2D eigenvalue weighted by atomic mass is 35.5. The van der Waals surface area contributed by atoms with Gasteiger partial charge in [-0.15, -0.1) is 0 Å². The number of hydrogen-bond acceptors (Lipinski definition) is 5. The summed E-state index contributed by atoms with van der Waals surface area (Å²) >= 11 is 12.1. The summed E-state index contributed by atoms with van der Waals surface area (Å²) in [6.45, 7) is 1.90. The van der Waals surface area contributed by atoms with Crippen molar-refractivity contribution in [3.8, 4) is 5.88 Å². The molecule has 8 heteroatoms. The van der Waals surface area contributed by atoms with E-state index in [0.717, 1.165) is 0 Å². The first-order chi connectivity index (χ1) is 11.5. The second-order valence-electron chi connectivity index (χ2n) is 5.02. The Labute approximate surface area is 147 Å². The minimum atomic E-state index is -0.768. The third kappa shape index (κ3) is 3.60. The lowest BCUT2D eigenvalue weighted by Crippen LogP contribution is -2.36. The number of halogens is 2. The summed E-state index contributed by atoms with van der Waals surface area (Å²) in [5, 5.41) is 4.09. The number of nitrogens with one attached hydrogen (secondary N) is 1. The molecule has 0 aliphatic carbocycles. The van der Waals surface area contributed by atoms with Gasteiger partial charge in [0, 0.05) is 5.02 Å². The smallest absolute Gasteiger partial charge is 0.261 e. The lowest BCUT2D eigenvalue weighted by atomic mass is 10.2. The lowest BCUT2D eigenvalue weighted by Gasteiger charge is -2.15. The molecule has 1 atom stereocenters. The number of fused-ring (bicyclic) bond motifs is 1. The Hall–Kier alpha value is -2.31. The molecule has 2 aromatic heterocycles. The van der Waals surface area contributed by atoms with Gasteiger partial charge in [0.15, 0.2) is 6.10 Å². The van der Waals surface area contributed by atoms with Crippen molar-refractivity contribution in [3.63, 3.8) is 0 Å². The van der Waals surface area contributed by atoms with Crippen molar-refractivity contribution in [1.29, 1.82) is 0 Å². The zero-order valence-corrected chi connectivity index (χ0v) is 14.1. The first-order valence-corrected chi connectivity index (χ1v) is 7.86.